The SMILES string of the molecule is CC(C)C(C)c1nc(-c2ccc(C(N)=O)cc2)c(C(=O)NCc2ccccc2)[nH]1. The van der Waals surface area contributed by atoms with Crippen molar-refractivity contribution in [2.45, 2.75) is 33.2 Å². The third-order valence-corrected chi connectivity index (χ3v) is 5.12. The minimum absolute atomic E-state index is 0.161. The molecule has 0 bridgehead atoms. The molecule has 29 heavy (non-hydrogen) atoms. The molecule has 0 spiro atoms. The molecule has 6 heteroatoms. The van der Waals surface area contributed by atoms with Crippen LogP contribution in [0.1, 0.15) is 58.9 Å². The number of hydrogen-bond donors (Lipinski definition) is 3. The van der Waals surface area contributed by atoms with Gasteiger partial charge in [-0.05, 0) is 23.6 Å². The summed E-state index contributed by atoms with van der Waals surface area (Å²) in [6, 6.07) is 16.5. The Balaban J connectivity index is 1.93. The number of imidazole rings is 1. The number of hydrogen-bond acceptors (Lipinski definition) is 3. The lowest BCUT2D eigenvalue weighted by Gasteiger charge is -2.11. The number of carbonyl (C=O) groups excluding carboxylic acids is 2. The van der Waals surface area contributed by atoms with Crippen molar-refractivity contribution >= 4 is 11.8 Å². The molecule has 0 aliphatic heterocycles. The van der Waals surface area contributed by atoms with E-state index in [1.54, 1.807) is 24.3 Å². The minimum Gasteiger partial charge on any atom is -0.366 e. The molecular formula is C23H26N4O2. The monoisotopic (exact) mass is 390 g/mol. The zero-order chi connectivity index (χ0) is 21.0. The van der Waals surface area contributed by atoms with E-state index in [0.29, 0.717) is 29.4 Å². The Kier molecular flexibility index (Phi) is 6.12. The molecule has 2 amide bonds. The average Bonchev–Trinajstić information content (AvgIpc) is 3.17. The molecule has 6 nitrogen and oxygen atoms in total. The van der Waals surface area contributed by atoms with E-state index in [4.69, 9.17) is 10.7 Å². The molecule has 3 aromatic rings. The number of H-pyrrole nitrogens is 1. The molecular weight excluding hydrogens is 364 g/mol. The summed E-state index contributed by atoms with van der Waals surface area (Å²) in [6.07, 6.45) is 0. The first-order chi connectivity index (χ1) is 13.9. The van der Waals surface area contributed by atoms with Crippen molar-refractivity contribution in [3.05, 3.63) is 77.2 Å². The Labute approximate surface area is 170 Å². The maximum absolute atomic E-state index is 12.9. The van der Waals surface area contributed by atoms with Gasteiger partial charge in [-0.15, -0.1) is 0 Å². The van der Waals surface area contributed by atoms with Gasteiger partial charge in [-0.1, -0.05) is 63.2 Å². The van der Waals surface area contributed by atoms with Gasteiger partial charge in [0.1, 0.15) is 17.2 Å². The number of benzene rings is 2. The predicted octanol–water partition coefficient (Wildman–Crippen LogP) is 3.87. The summed E-state index contributed by atoms with van der Waals surface area (Å²) in [5, 5.41) is 2.95. The van der Waals surface area contributed by atoms with Crippen molar-refractivity contribution in [2.24, 2.45) is 11.7 Å². The molecule has 150 valence electrons. The average molecular weight is 390 g/mol. The lowest BCUT2D eigenvalue weighted by Crippen LogP contribution is -2.24. The zero-order valence-corrected chi connectivity index (χ0v) is 16.9. The molecule has 0 fully saturated rings. The molecule has 1 unspecified atom stereocenters. The van der Waals surface area contributed by atoms with E-state index < -0.39 is 5.91 Å². The highest BCUT2D eigenvalue weighted by molar-refractivity contribution is 5.99. The van der Waals surface area contributed by atoms with Gasteiger partial charge in [-0.2, -0.15) is 0 Å². The largest absolute Gasteiger partial charge is 0.366 e. The second-order valence-corrected chi connectivity index (χ2v) is 7.49. The molecule has 1 heterocycles. The Morgan fingerprint density at radius 1 is 1.03 bits per heavy atom. The fourth-order valence-electron chi connectivity index (χ4n) is 2.96. The Bertz CT molecular complexity index is 991. The minimum atomic E-state index is -0.492. The summed E-state index contributed by atoms with van der Waals surface area (Å²) < 4.78 is 0. The maximum Gasteiger partial charge on any atom is 0.270 e. The Morgan fingerprint density at radius 2 is 1.69 bits per heavy atom. The summed E-state index contributed by atoms with van der Waals surface area (Å²) >= 11 is 0. The first-order valence-corrected chi connectivity index (χ1v) is 9.69. The normalized spacial score (nSPS) is 12.0. The van der Waals surface area contributed by atoms with Gasteiger partial charge < -0.3 is 16.0 Å². The smallest absolute Gasteiger partial charge is 0.270 e. The summed E-state index contributed by atoms with van der Waals surface area (Å²) in [5.41, 5.74) is 8.48. The van der Waals surface area contributed by atoms with Crippen molar-refractivity contribution in [3.63, 3.8) is 0 Å². The quantitative estimate of drug-likeness (QED) is 0.571. The van der Waals surface area contributed by atoms with E-state index in [-0.39, 0.29) is 11.8 Å². The van der Waals surface area contributed by atoms with Crippen molar-refractivity contribution in [3.8, 4) is 11.3 Å². The summed E-state index contributed by atoms with van der Waals surface area (Å²) in [5.74, 6) is 0.575. The molecule has 0 saturated carbocycles. The number of amides is 2. The third-order valence-electron chi connectivity index (χ3n) is 5.12. The Morgan fingerprint density at radius 3 is 2.28 bits per heavy atom. The predicted molar refractivity (Wildman–Crippen MR) is 113 cm³/mol. The van der Waals surface area contributed by atoms with Crippen LogP contribution in [0.5, 0.6) is 0 Å². The van der Waals surface area contributed by atoms with E-state index in [9.17, 15) is 9.59 Å². The molecule has 0 saturated heterocycles. The van der Waals surface area contributed by atoms with E-state index in [1.807, 2.05) is 30.3 Å². The van der Waals surface area contributed by atoms with E-state index in [2.05, 4.69) is 31.1 Å². The number of carbonyl (C=O) groups is 2. The van der Waals surface area contributed by atoms with Crippen LogP contribution in [0.15, 0.2) is 54.6 Å². The highest BCUT2D eigenvalue weighted by Gasteiger charge is 2.22. The van der Waals surface area contributed by atoms with Crippen LogP contribution < -0.4 is 11.1 Å². The summed E-state index contributed by atoms with van der Waals surface area (Å²) in [6.45, 7) is 6.73. The molecule has 1 aromatic heterocycles. The van der Waals surface area contributed by atoms with Crippen molar-refractivity contribution in [1.82, 2.24) is 15.3 Å². The molecule has 0 aliphatic carbocycles. The van der Waals surface area contributed by atoms with Crippen molar-refractivity contribution in [1.29, 1.82) is 0 Å². The van der Waals surface area contributed by atoms with Crippen LogP contribution in [0.4, 0.5) is 0 Å². The molecule has 2 aromatic carbocycles. The highest BCUT2D eigenvalue weighted by atomic mass is 16.2. The zero-order valence-electron chi connectivity index (χ0n) is 16.9. The lowest BCUT2D eigenvalue weighted by molar-refractivity contribution is 0.0945. The van der Waals surface area contributed by atoms with Gasteiger partial charge in [0.25, 0.3) is 5.91 Å². The van der Waals surface area contributed by atoms with Crippen LogP contribution in [-0.4, -0.2) is 21.8 Å². The summed E-state index contributed by atoms with van der Waals surface area (Å²) in [4.78, 5) is 32.2. The third kappa shape index (κ3) is 4.71. The number of aromatic amines is 1. The van der Waals surface area contributed by atoms with Crippen LogP contribution >= 0.6 is 0 Å². The van der Waals surface area contributed by atoms with Gasteiger partial charge in [0.15, 0.2) is 0 Å². The van der Waals surface area contributed by atoms with Gasteiger partial charge in [-0.3, -0.25) is 9.59 Å². The second kappa shape index (κ2) is 8.73. The standard InChI is InChI=1S/C23H26N4O2/c1-14(2)15(3)22-26-19(17-9-11-18(12-10-17)21(24)28)20(27-22)23(29)25-13-16-7-5-4-6-8-16/h4-12,14-15H,13H2,1-3H3,(H2,24,28)(H,25,29)(H,26,27). The van der Waals surface area contributed by atoms with E-state index in [0.717, 1.165) is 17.0 Å². The van der Waals surface area contributed by atoms with Gasteiger partial charge in [0.05, 0.1) is 0 Å². The van der Waals surface area contributed by atoms with Crippen LogP contribution in [0.2, 0.25) is 0 Å². The van der Waals surface area contributed by atoms with Gasteiger partial charge in [0, 0.05) is 23.6 Å². The molecule has 0 radical (unpaired) electrons. The second-order valence-electron chi connectivity index (χ2n) is 7.49. The van der Waals surface area contributed by atoms with E-state index in [1.165, 1.54) is 0 Å². The van der Waals surface area contributed by atoms with Gasteiger partial charge in [-0.25, -0.2) is 4.98 Å². The highest BCUT2D eigenvalue weighted by Crippen LogP contribution is 2.28. The maximum atomic E-state index is 12.9. The topological polar surface area (TPSA) is 101 Å². The molecule has 3 rings (SSSR count). The van der Waals surface area contributed by atoms with Crippen molar-refractivity contribution < 1.29 is 9.59 Å². The van der Waals surface area contributed by atoms with Crippen LogP contribution in [0, 0.1) is 5.92 Å². The Hall–Kier alpha value is -3.41. The van der Waals surface area contributed by atoms with Crippen LogP contribution in [-0.2, 0) is 6.54 Å². The number of nitrogens with one attached hydrogen (secondary N) is 2. The number of primary amides is 1. The van der Waals surface area contributed by atoms with Crippen LogP contribution in [0.25, 0.3) is 11.3 Å². The lowest BCUT2D eigenvalue weighted by atomic mass is 9.98. The number of nitrogens with zero attached hydrogens (tertiary/aromatic N) is 1. The van der Waals surface area contributed by atoms with E-state index >= 15 is 0 Å². The number of nitrogens with two attached hydrogens (primary N) is 1. The number of aromatic nitrogens is 2. The van der Waals surface area contributed by atoms with Gasteiger partial charge in [0.2, 0.25) is 5.91 Å². The fourth-order valence-corrected chi connectivity index (χ4v) is 2.96. The molecule has 4 N–H and O–H groups in total. The number of rotatable bonds is 7. The van der Waals surface area contributed by atoms with Crippen LogP contribution in [0.3, 0.4) is 0 Å². The first kappa shape index (κ1) is 20.3. The fraction of sp³-hybridized carbons (Fsp3) is 0.261. The first-order valence-electron chi connectivity index (χ1n) is 9.69. The molecule has 1 atom stereocenters. The molecule has 0 aliphatic rings. The summed E-state index contributed by atoms with van der Waals surface area (Å²) in [7, 11) is 0. The van der Waals surface area contributed by atoms with Crippen molar-refractivity contribution in [2.75, 3.05) is 0 Å². The van der Waals surface area contributed by atoms with Gasteiger partial charge >= 0.3 is 0 Å².